The molecule has 2 aromatic heterocycles. The lowest BCUT2D eigenvalue weighted by Gasteiger charge is -2.41. The molecule has 0 spiro atoms. The van der Waals surface area contributed by atoms with Crippen molar-refractivity contribution in [1.82, 2.24) is 25.0 Å². The summed E-state index contributed by atoms with van der Waals surface area (Å²) in [6, 6.07) is 16.9. The van der Waals surface area contributed by atoms with E-state index >= 15 is 0 Å². The molecule has 0 bridgehead atoms. The maximum atomic E-state index is 12.8. The maximum Gasteiger partial charge on any atom is 0.291 e. The molecule has 8 nitrogen and oxygen atoms in total. The Balaban J connectivity index is 1.10. The van der Waals surface area contributed by atoms with Gasteiger partial charge in [0.1, 0.15) is 12.1 Å². The summed E-state index contributed by atoms with van der Waals surface area (Å²) in [6.45, 7) is 8.84. The Morgan fingerprint density at radius 3 is 2.83 bits per heavy atom. The number of amides is 1. The largest absolute Gasteiger partial charge is 0.366 e. The molecule has 35 heavy (non-hydrogen) atoms. The third-order valence-corrected chi connectivity index (χ3v) is 6.83. The van der Waals surface area contributed by atoms with Crippen LogP contribution in [0.4, 0.5) is 5.69 Å². The summed E-state index contributed by atoms with van der Waals surface area (Å²) in [5.74, 6) is -0.201. The van der Waals surface area contributed by atoms with Gasteiger partial charge in [-0.05, 0) is 50.6 Å². The minimum atomic E-state index is -0.283. The molecule has 5 rings (SSSR count). The number of aryl methyl sites for hydroxylation is 1. The second kappa shape index (κ2) is 9.92. The molecule has 182 valence electrons. The van der Waals surface area contributed by atoms with Gasteiger partial charge < -0.3 is 15.2 Å². The third kappa shape index (κ3) is 4.93. The summed E-state index contributed by atoms with van der Waals surface area (Å²) in [5, 5.41) is 8.90. The zero-order chi connectivity index (χ0) is 24.4. The van der Waals surface area contributed by atoms with Crippen molar-refractivity contribution in [3.8, 4) is 0 Å². The van der Waals surface area contributed by atoms with Gasteiger partial charge in [-0.15, -0.1) is 0 Å². The van der Waals surface area contributed by atoms with Crippen LogP contribution in [0.25, 0.3) is 21.8 Å². The Morgan fingerprint density at radius 2 is 2.00 bits per heavy atom. The number of para-hydroxylation sites is 1. The van der Waals surface area contributed by atoms with E-state index in [4.69, 9.17) is 0 Å². The SMILES string of the molecule is Cc1cccc(N2CCN(CCCNC(=O)Cn3ncc4c([nH]c5ccccc54)c3=O)C[C@@H]2C)c1. The van der Waals surface area contributed by atoms with Crippen LogP contribution in [0.3, 0.4) is 0 Å². The van der Waals surface area contributed by atoms with Crippen LogP contribution in [0, 0.1) is 6.92 Å². The van der Waals surface area contributed by atoms with Crippen LogP contribution in [0.5, 0.6) is 0 Å². The predicted octanol–water partition coefficient (Wildman–Crippen LogP) is 2.90. The molecule has 1 aliphatic rings. The smallest absolute Gasteiger partial charge is 0.291 e. The standard InChI is InChI=1S/C27H32N6O2/c1-19-7-5-8-21(15-19)32-14-13-31(17-20(32)2)12-6-11-28-25(34)18-33-27(35)26-23(16-29-33)22-9-3-4-10-24(22)30-26/h3-5,7-10,15-16,20,30H,6,11-14,17-18H2,1-2H3,(H,28,34)/t20-/m0/s1. The molecule has 2 N–H and O–H groups in total. The molecule has 3 heterocycles. The maximum absolute atomic E-state index is 12.8. The van der Waals surface area contributed by atoms with Gasteiger partial charge in [0.15, 0.2) is 0 Å². The fraction of sp³-hybridized carbons (Fsp3) is 0.370. The van der Waals surface area contributed by atoms with Crippen LogP contribution in [-0.2, 0) is 11.3 Å². The molecule has 2 aromatic carbocycles. The number of rotatable bonds is 7. The number of carbonyl (C=O) groups excluding carboxylic acids is 1. The number of nitrogens with one attached hydrogen (secondary N) is 2. The highest BCUT2D eigenvalue weighted by Gasteiger charge is 2.23. The van der Waals surface area contributed by atoms with Gasteiger partial charge in [0.25, 0.3) is 5.56 Å². The Kier molecular flexibility index (Phi) is 6.55. The summed E-state index contributed by atoms with van der Waals surface area (Å²) in [4.78, 5) is 33.4. The highest BCUT2D eigenvalue weighted by molar-refractivity contribution is 6.06. The number of hydrogen-bond donors (Lipinski definition) is 2. The van der Waals surface area contributed by atoms with Gasteiger partial charge in [-0.2, -0.15) is 5.10 Å². The summed E-state index contributed by atoms with van der Waals surface area (Å²) in [5.41, 5.74) is 3.66. The minimum absolute atomic E-state index is 0.0870. The molecule has 0 saturated carbocycles. The van der Waals surface area contributed by atoms with Crippen LogP contribution >= 0.6 is 0 Å². The second-order valence-electron chi connectivity index (χ2n) is 9.45. The van der Waals surface area contributed by atoms with E-state index in [1.54, 1.807) is 6.20 Å². The molecule has 4 aromatic rings. The van der Waals surface area contributed by atoms with Crippen molar-refractivity contribution in [3.05, 3.63) is 70.6 Å². The number of H-pyrrole nitrogens is 1. The molecule has 8 heteroatoms. The van der Waals surface area contributed by atoms with E-state index in [1.807, 2.05) is 24.3 Å². The lowest BCUT2D eigenvalue weighted by atomic mass is 10.1. The third-order valence-electron chi connectivity index (χ3n) is 6.83. The van der Waals surface area contributed by atoms with Crippen molar-refractivity contribution in [2.75, 3.05) is 37.6 Å². The Morgan fingerprint density at radius 1 is 1.14 bits per heavy atom. The first kappa shape index (κ1) is 23.1. The monoisotopic (exact) mass is 472 g/mol. The van der Waals surface area contributed by atoms with Crippen LogP contribution in [0.15, 0.2) is 59.5 Å². The van der Waals surface area contributed by atoms with Crippen LogP contribution < -0.4 is 15.8 Å². The van der Waals surface area contributed by atoms with Crippen molar-refractivity contribution in [2.24, 2.45) is 0 Å². The molecule has 1 amide bonds. The fourth-order valence-electron chi connectivity index (χ4n) is 5.04. The van der Waals surface area contributed by atoms with E-state index < -0.39 is 0 Å². The van der Waals surface area contributed by atoms with Gasteiger partial charge in [0.2, 0.25) is 5.91 Å². The molecular formula is C27H32N6O2. The van der Waals surface area contributed by atoms with Crippen LogP contribution in [-0.4, -0.2) is 64.3 Å². The first-order chi connectivity index (χ1) is 17.0. The number of fused-ring (bicyclic) bond motifs is 3. The highest BCUT2D eigenvalue weighted by Crippen LogP contribution is 2.22. The quantitative estimate of drug-likeness (QED) is 0.404. The van der Waals surface area contributed by atoms with Crippen molar-refractivity contribution in [3.63, 3.8) is 0 Å². The number of anilines is 1. The average Bonchev–Trinajstić information content (AvgIpc) is 3.23. The van der Waals surface area contributed by atoms with Crippen LogP contribution in [0.2, 0.25) is 0 Å². The van der Waals surface area contributed by atoms with E-state index in [2.05, 4.69) is 63.3 Å². The van der Waals surface area contributed by atoms with Crippen molar-refractivity contribution >= 4 is 33.4 Å². The molecule has 1 atom stereocenters. The summed E-state index contributed by atoms with van der Waals surface area (Å²) < 4.78 is 1.22. The van der Waals surface area contributed by atoms with Crippen LogP contribution in [0.1, 0.15) is 18.9 Å². The Hall–Kier alpha value is -3.65. The Labute approximate surface area is 204 Å². The highest BCUT2D eigenvalue weighted by atomic mass is 16.2. The van der Waals surface area contributed by atoms with Gasteiger partial charge in [0.05, 0.1) is 6.20 Å². The van der Waals surface area contributed by atoms with Gasteiger partial charge in [-0.3, -0.25) is 14.5 Å². The molecule has 0 radical (unpaired) electrons. The number of hydrogen-bond acceptors (Lipinski definition) is 5. The van der Waals surface area contributed by atoms with Crippen molar-refractivity contribution < 1.29 is 4.79 Å². The van der Waals surface area contributed by atoms with E-state index in [-0.39, 0.29) is 18.0 Å². The second-order valence-corrected chi connectivity index (χ2v) is 9.45. The first-order valence-electron chi connectivity index (χ1n) is 12.3. The lowest BCUT2D eigenvalue weighted by molar-refractivity contribution is -0.121. The van der Waals surface area contributed by atoms with E-state index in [9.17, 15) is 9.59 Å². The summed E-state index contributed by atoms with van der Waals surface area (Å²) in [6.07, 6.45) is 2.52. The number of aromatic nitrogens is 3. The number of benzene rings is 2. The zero-order valence-electron chi connectivity index (χ0n) is 20.3. The lowest BCUT2D eigenvalue weighted by Crippen LogP contribution is -2.52. The van der Waals surface area contributed by atoms with Crippen molar-refractivity contribution in [2.45, 2.75) is 32.9 Å². The summed E-state index contributed by atoms with van der Waals surface area (Å²) >= 11 is 0. The molecule has 1 aliphatic heterocycles. The van der Waals surface area contributed by atoms with Crippen molar-refractivity contribution in [1.29, 1.82) is 0 Å². The summed E-state index contributed by atoms with van der Waals surface area (Å²) in [7, 11) is 0. The topological polar surface area (TPSA) is 86.3 Å². The molecule has 1 fully saturated rings. The van der Waals surface area contributed by atoms with Gasteiger partial charge >= 0.3 is 0 Å². The molecular weight excluding hydrogens is 440 g/mol. The number of carbonyl (C=O) groups is 1. The molecule has 0 aliphatic carbocycles. The molecule has 0 unspecified atom stereocenters. The fourth-order valence-corrected chi connectivity index (χ4v) is 5.04. The van der Waals surface area contributed by atoms with E-state index in [0.29, 0.717) is 18.1 Å². The van der Waals surface area contributed by atoms with Gasteiger partial charge in [-0.1, -0.05) is 30.3 Å². The number of nitrogens with zero attached hydrogens (tertiary/aromatic N) is 4. The van der Waals surface area contributed by atoms with Gasteiger partial charge in [0, 0.05) is 54.2 Å². The van der Waals surface area contributed by atoms with E-state index in [0.717, 1.165) is 48.9 Å². The molecule has 1 saturated heterocycles. The average molecular weight is 473 g/mol. The number of aromatic amines is 1. The first-order valence-corrected chi connectivity index (χ1v) is 12.3. The zero-order valence-corrected chi connectivity index (χ0v) is 20.3. The van der Waals surface area contributed by atoms with Gasteiger partial charge in [-0.25, -0.2) is 4.68 Å². The Bertz CT molecular complexity index is 1410. The number of piperazine rings is 1. The normalized spacial score (nSPS) is 16.7. The minimum Gasteiger partial charge on any atom is -0.366 e. The predicted molar refractivity (Wildman–Crippen MR) is 140 cm³/mol. The van der Waals surface area contributed by atoms with E-state index in [1.165, 1.54) is 15.9 Å².